The van der Waals surface area contributed by atoms with Gasteiger partial charge < -0.3 is 9.84 Å². The fourth-order valence-electron chi connectivity index (χ4n) is 0.484. The van der Waals surface area contributed by atoms with Crippen LogP contribution in [0.4, 0.5) is 4.39 Å². The fourth-order valence-corrected chi connectivity index (χ4v) is 0.484. The highest BCUT2D eigenvalue weighted by atomic mass is 19.1. The molecule has 4 heteroatoms. The number of rotatable bonds is 3. The normalized spacial score (nSPS) is 14.3. The maximum Gasteiger partial charge on any atom is 0.308 e. The van der Waals surface area contributed by atoms with Crippen LogP contribution in [0.1, 0.15) is 20.3 Å². The summed E-state index contributed by atoms with van der Waals surface area (Å²) in [5.41, 5.74) is -1.76. The second-order valence-electron chi connectivity index (χ2n) is 2.86. The van der Waals surface area contributed by atoms with Crippen LogP contribution in [0, 0.1) is 0 Å². The largest absolute Gasteiger partial charge is 0.469 e. The first kappa shape index (κ1) is 10.4. The predicted molar refractivity (Wildman–Crippen MR) is 37.8 cm³/mol. The lowest BCUT2D eigenvalue weighted by Gasteiger charge is -2.20. The third-order valence-corrected chi connectivity index (χ3v) is 1.38. The molecule has 0 amide bonds. The Morgan fingerprint density at radius 1 is 1.73 bits per heavy atom. The van der Waals surface area contributed by atoms with Crippen molar-refractivity contribution >= 4 is 5.97 Å². The van der Waals surface area contributed by atoms with Gasteiger partial charge in [0, 0.05) is 0 Å². The molecule has 0 unspecified atom stereocenters. The zero-order valence-corrected chi connectivity index (χ0v) is 6.93. The number of alkyl halides is 1. The van der Waals surface area contributed by atoms with Gasteiger partial charge in [0.05, 0.1) is 19.6 Å². The molecule has 3 nitrogen and oxygen atoms in total. The Kier molecular flexibility index (Phi) is 3.45. The van der Waals surface area contributed by atoms with Gasteiger partial charge in [-0.2, -0.15) is 0 Å². The Balaban J connectivity index is 3.87. The van der Waals surface area contributed by atoms with E-state index in [2.05, 4.69) is 4.74 Å². The van der Waals surface area contributed by atoms with E-state index in [1.807, 2.05) is 0 Å². The maximum absolute atomic E-state index is 12.8. The summed E-state index contributed by atoms with van der Waals surface area (Å²) in [5, 5.41) is 9.01. The predicted octanol–water partition coefficient (Wildman–Crippen LogP) is 0.658. The zero-order chi connectivity index (χ0) is 9.07. The zero-order valence-electron chi connectivity index (χ0n) is 6.93. The molecular weight excluding hydrogens is 151 g/mol. The van der Waals surface area contributed by atoms with Crippen LogP contribution in [-0.4, -0.2) is 30.0 Å². The van der Waals surface area contributed by atoms with E-state index < -0.39 is 17.7 Å². The molecule has 0 aromatic carbocycles. The number of methoxy groups -OCH3 is 1. The molecular formula is C7H13FO3. The maximum atomic E-state index is 12.8. The topological polar surface area (TPSA) is 46.5 Å². The number of esters is 1. The van der Waals surface area contributed by atoms with Gasteiger partial charge in [0.25, 0.3) is 0 Å². The first-order valence-corrected chi connectivity index (χ1v) is 3.31. The molecule has 0 saturated carbocycles. The van der Waals surface area contributed by atoms with Crippen molar-refractivity contribution in [1.29, 1.82) is 0 Å². The Labute approximate surface area is 65.2 Å². The van der Waals surface area contributed by atoms with Crippen molar-refractivity contribution < 1.29 is 19.0 Å². The van der Waals surface area contributed by atoms with Crippen molar-refractivity contribution in [1.82, 2.24) is 0 Å². The molecule has 66 valence electrons. The Bertz CT molecular complexity index is 139. The number of halogens is 1. The summed E-state index contributed by atoms with van der Waals surface area (Å²) in [7, 11) is 1.19. The van der Waals surface area contributed by atoms with Gasteiger partial charge in [-0.05, 0) is 13.8 Å². The highest BCUT2D eigenvalue weighted by Gasteiger charge is 2.29. The molecule has 0 fully saturated rings. The standard InChI is InChI=1S/C7H13FO3/c1-7(2,8)5(9)4-6(10)11-3/h5,9H,4H2,1-3H3/t5-/m1/s1. The molecule has 0 aliphatic heterocycles. The molecule has 0 radical (unpaired) electrons. The van der Waals surface area contributed by atoms with E-state index >= 15 is 0 Å². The van der Waals surface area contributed by atoms with Gasteiger partial charge in [-0.3, -0.25) is 4.79 Å². The van der Waals surface area contributed by atoms with Gasteiger partial charge in [-0.1, -0.05) is 0 Å². The van der Waals surface area contributed by atoms with Crippen LogP contribution in [-0.2, 0) is 9.53 Å². The van der Waals surface area contributed by atoms with Gasteiger partial charge in [0.2, 0.25) is 0 Å². The Hall–Kier alpha value is -0.640. The van der Waals surface area contributed by atoms with Gasteiger partial charge in [-0.15, -0.1) is 0 Å². The minimum absolute atomic E-state index is 0.306. The minimum Gasteiger partial charge on any atom is -0.469 e. The van der Waals surface area contributed by atoms with Crippen molar-refractivity contribution in [2.75, 3.05) is 7.11 Å². The van der Waals surface area contributed by atoms with Crippen LogP contribution in [0.15, 0.2) is 0 Å². The minimum atomic E-state index is -1.76. The Morgan fingerprint density at radius 2 is 2.18 bits per heavy atom. The summed E-state index contributed by atoms with van der Waals surface area (Å²) in [5.74, 6) is -0.608. The number of ether oxygens (including phenoxy) is 1. The Morgan fingerprint density at radius 3 is 2.45 bits per heavy atom. The molecule has 0 aromatic heterocycles. The number of hydrogen-bond acceptors (Lipinski definition) is 3. The van der Waals surface area contributed by atoms with Gasteiger partial charge in [-0.25, -0.2) is 4.39 Å². The van der Waals surface area contributed by atoms with Crippen LogP contribution in [0.3, 0.4) is 0 Å². The van der Waals surface area contributed by atoms with Crippen molar-refractivity contribution in [2.45, 2.75) is 32.0 Å². The lowest BCUT2D eigenvalue weighted by Crippen LogP contribution is -2.33. The van der Waals surface area contributed by atoms with Crippen LogP contribution in [0.2, 0.25) is 0 Å². The number of hydrogen-bond donors (Lipinski definition) is 1. The van der Waals surface area contributed by atoms with Crippen molar-refractivity contribution in [2.24, 2.45) is 0 Å². The van der Waals surface area contributed by atoms with E-state index in [9.17, 15) is 9.18 Å². The summed E-state index contributed by atoms with van der Waals surface area (Å²) in [6.07, 6.45) is -1.60. The van der Waals surface area contributed by atoms with E-state index in [-0.39, 0.29) is 6.42 Å². The molecule has 0 bridgehead atoms. The molecule has 0 aromatic rings. The van der Waals surface area contributed by atoms with Crippen LogP contribution in [0.5, 0.6) is 0 Å². The first-order valence-electron chi connectivity index (χ1n) is 3.31. The summed E-state index contributed by atoms with van der Waals surface area (Å²) < 4.78 is 17.1. The lowest BCUT2D eigenvalue weighted by molar-refractivity contribution is -0.145. The van der Waals surface area contributed by atoms with Gasteiger partial charge in [0.1, 0.15) is 5.67 Å². The summed E-state index contributed by atoms with van der Waals surface area (Å²) >= 11 is 0. The first-order chi connectivity index (χ1) is 4.88. The van der Waals surface area contributed by atoms with Crippen LogP contribution >= 0.6 is 0 Å². The van der Waals surface area contributed by atoms with E-state index in [1.165, 1.54) is 21.0 Å². The highest BCUT2D eigenvalue weighted by Crippen LogP contribution is 2.17. The van der Waals surface area contributed by atoms with E-state index in [1.54, 1.807) is 0 Å². The van der Waals surface area contributed by atoms with Crippen LogP contribution in [0.25, 0.3) is 0 Å². The SMILES string of the molecule is COC(=O)C[C@@H](O)C(C)(C)F. The fraction of sp³-hybridized carbons (Fsp3) is 0.857. The third-order valence-electron chi connectivity index (χ3n) is 1.38. The molecule has 0 heterocycles. The van der Waals surface area contributed by atoms with E-state index in [0.29, 0.717) is 0 Å². The van der Waals surface area contributed by atoms with Crippen molar-refractivity contribution in [3.8, 4) is 0 Å². The monoisotopic (exact) mass is 164 g/mol. The molecule has 0 saturated heterocycles. The van der Waals surface area contributed by atoms with Crippen LogP contribution < -0.4 is 0 Å². The second kappa shape index (κ2) is 3.67. The van der Waals surface area contributed by atoms with Gasteiger partial charge in [0.15, 0.2) is 0 Å². The summed E-state index contributed by atoms with van der Waals surface area (Å²) in [4.78, 5) is 10.5. The molecule has 0 spiro atoms. The molecule has 1 N–H and O–H groups in total. The molecule has 0 rings (SSSR count). The van der Waals surface area contributed by atoms with Crippen molar-refractivity contribution in [3.63, 3.8) is 0 Å². The number of carbonyl (C=O) groups excluding carboxylic acids is 1. The molecule has 0 aliphatic rings. The van der Waals surface area contributed by atoms with Gasteiger partial charge >= 0.3 is 5.97 Å². The summed E-state index contributed by atoms with van der Waals surface area (Å²) in [6, 6.07) is 0. The molecule has 11 heavy (non-hydrogen) atoms. The number of aliphatic hydroxyl groups is 1. The third kappa shape index (κ3) is 3.93. The average Bonchev–Trinajstić information content (AvgIpc) is 1.85. The smallest absolute Gasteiger partial charge is 0.308 e. The molecule has 1 atom stereocenters. The summed E-state index contributed by atoms with van der Waals surface area (Å²) in [6.45, 7) is 2.42. The number of carbonyl (C=O) groups is 1. The van der Waals surface area contributed by atoms with E-state index in [4.69, 9.17) is 5.11 Å². The number of aliphatic hydroxyl groups excluding tert-OH is 1. The average molecular weight is 164 g/mol. The highest BCUT2D eigenvalue weighted by molar-refractivity contribution is 5.69. The quantitative estimate of drug-likeness (QED) is 0.623. The molecule has 0 aliphatic carbocycles. The van der Waals surface area contributed by atoms with Crippen molar-refractivity contribution in [3.05, 3.63) is 0 Å². The van der Waals surface area contributed by atoms with E-state index in [0.717, 1.165) is 0 Å². The lowest BCUT2D eigenvalue weighted by atomic mass is 10.0. The second-order valence-corrected chi connectivity index (χ2v) is 2.86.